The minimum atomic E-state index is -1.13. The van der Waals surface area contributed by atoms with E-state index >= 15 is 0 Å². The summed E-state index contributed by atoms with van der Waals surface area (Å²) in [5.74, 6) is -2.01. The molecule has 2 aromatic rings. The highest BCUT2D eigenvalue weighted by molar-refractivity contribution is 8.23. The first-order chi connectivity index (χ1) is 13.0. The Morgan fingerprint density at radius 1 is 1.37 bits per heavy atom. The number of aliphatic hydroxyl groups is 1. The quantitative estimate of drug-likeness (QED) is 0.692. The van der Waals surface area contributed by atoms with Crippen LogP contribution in [0.2, 0.25) is 0 Å². The highest BCUT2D eigenvalue weighted by Crippen LogP contribution is 2.55. The Morgan fingerprint density at radius 2 is 2.11 bits per heavy atom. The molecule has 9 heteroatoms. The van der Waals surface area contributed by atoms with Gasteiger partial charge in [-0.25, -0.2) is 9.78 Å². The SMILES string of the molecule is CCC(O)C1C(=O)N2C(C(=O)O)=C(Sc3nc(-c4ccccc4)cs3)SC12. The lowest BCUT2D eigenvalue weighted by Crippen LogP contribution is -2.61. The van der Waals surface area contributed by atoms with Gasteiger partial charge in [0.25, 0.3) is 0 Å². The van der Waals surface area contributed by atoms with Gasteiger partial charge in [0, 0.05) is 10.9 Å². The Hall–Kier alpha value is -1.81. The Kier molecular flexibility index (Phi) is 5.02. The van der Waals surface area contributed by atoms with Crippen LogP contribution in [0, 0.1) is 5.92 Å². The number of aliphatic carboxylic acids is 1. The maximum absolute atomic E-state index is 12.4. The Labute approximate surface area is 168 Å². The third-order valence-electron chi connectivity index (χ3n) is 4.51. The monoisotopic (exact) mass is 420 g/mol. The highest BCUT2D eigenvalue weighted by atomic mass is 32.2. The number of carboxylic acid groups (broad SMARTS) is 1. The van der Waals surface area contributed by atoms with Crippen LogP contribution in [0.4, 0.5) is 0 Å². The van der Waals surface area contributed by atoms with Crippen LogP contribution >= 0.6 is 34.9 Å². The number of carboxylic acids is 1. The molecule has 0 spiro atoms. The lowest BCUT2D eigenvalue weighted by atomic mass is 9.90. The van der Waals surface area contributed by atoms with Gasteiger partial charge in [-0.2, -0.15) is 0 Å². The van der Waals surface area contributed by atoms with Crippen LogP contribution in [-0.4, -0.2) is 43.5 Å². The molecule has 0 aliphatic carbocycles. The molecule has 0 bridgehead atoms. The van der Waals surface area contributed by atoms with Gasteiger partial charge in [-0.3, -0.25) is 9.69 Å². The fraction of sp³-hybridized carbons (Fsp3) is 0.278. The van der Waals surface area contributed by atoms with E-state index in [9.17, 15) is 19.8 Å². The van der Waals surface area contributed by atoms with Crippen LogP contribution in [0.15, 0.2) is 50.0 Å². The van der Waals surface area contributed by atoms with Crippen molar-refractivity contribution in [3.05, 3.63) is 45.6 Å². The largest absolute Gasteiger partial charge is 0.477 e. The standard InChI is InChI=1S/C18H16N2O4S3/c1-2-11(21)12-14(22)20-13(16(23)24)17(26-15(12)20)27-18-19-10(8-25-18)9-6-4-3-5-7-9/h3-8,11-12,15,21H,2H2,1H3,(H,23,24). The number of thioether (sulfide) groups is 2. The number of aliphatic hydroxyl groups excluding tert-OH is 1. The van der Waals surface area contributed by atoms with Crippen molar-refractivity contribution in [3.63, 3.8) is 0 Å². The van der Waals surface area contributed by atoms with E-state index in [1.165, 1.54) is 39.8 Å². The third-order valence-corrected chi connectivity index (χ3v) is 8.02. The summed E-state index contributed by atoms with van der Waals surface area (Å²) in [4.78, 5) is 30.0. The van der Waals surface area contributed by atoms with Crippen molar-refractivity contribution in [2.24, 2.45) is 5.92 Å². The first-order valence-electron chi connectivity index (χ1n) is 8.35. The van der Waals surface area contributed by atoms with Gasteiger partial charge in [0.05, 0.1) is 22.0 Å². The van der Waals surface area contributed by atoms with Crippen LogP contribution in [-0.2, 0) is 9.59 Å². The summed E-state index contributed by atoms with van der Waals surface area (Å²) < 4.78 is 1.26. The van der Waals surface area contributed by atoms with Gasteiger partial charge in [-0.15, -0.1) is 11.3 Å². The summed E-state index contributed by atoms with van der Waals surface area (Å²) in [5, 5.41) is 21.3. The molecule has 1 aromatic heterocycles. The van der Waals surface area contributed by atoms with Crippen LogP contribution in [0.25, 0.3) is 11.3 Å². The van der Waals surface area contributed by atoms with E-state index in [4.69, 9.17) is 0 Å². The number of aromatic nitrogens is 1. The highest BCUT2D eigenvalue weighted by Gasteiger charge is 2.58. The Bertz CT molecular complexity index is 928. The van der Waals surface area contributed by atoms with Crippen molar-refractivity contribution in [2.45, 2.75) is 29.2 Å². The number of carbonyl (C=O) groups is 2. The molecule has 3 heterocycles. The van der Waals surface area contributed by atoms with Gasteiger partial charge in [0.2, 0.25) is 5.91 Å². The summed E-state index contributed by atoms with van der Waals surface area (Å²) in [6.45, 7) is 1.81. The maximum Gasteiger partial charge on any atom is 0.354 e. The second-order valence-corrected chi connectivity index (χ2v) is 9.63. The van der Waals surface area contributed by atoms with Crippen molar-refractivity contribution < 1.29 is 19.8 Å². The molecule has 2 aliphatic heterocycles. The van der Waals surface area contributed by atoms with Crippen molar-refractivity contribution in [2.75, 3.05) is 0 Å². The van der Waals surface area contributed by atoms with Crippen LogP contribution in [0.3, 0.4) is 0 Å². The molecule has 1 aromatic carbocycles. The minimum Gasteiger partial charge on any atom is -0.477 e. The van der Waals surface area contributed by atoms with Gasteiger partial charge in [-0.1, -0.05) is 49.0 Å². The fourth-order valence-corrected chi connectivity index (χ4v) is 6.99. The molecule has 1 saturated heterocycles. The zero-order valence-corrected chi connectivity index (χ0v) is 16.7. The number of nitrogens with zero attached hydrogens (tertiary/aromatic N) is 2. The molecular weight excluding hydrogens is 404 g/mol. The van der Waals surface area contributed by atoms with E-state index in [-0.39, 0.29) is 17.0 Å². The first kappa shape index (κ1) is 18.5. The molecule has 2 aliphatic rings. The number of rotatable bonds is 6. The molecule has 1 amide bonds. The predicted octanol–water partition coefficient (Wildman–Crippen LogP) is 3.46. The molecule has 3 atom stereocenters. The minimum absolute atomic E-state index is 0.00369. The van der Waals surface area contributed by atoms with Crippen LogP contribution in [0.5, 0.6) is 0 Å². The number of benzene rings is 1. The second kappa shape index (κ2) is 7.31. The van der Waals surface area contributed by atoms with Crippen molar-refractivity contribution in [3.8, 4) is 11.3 Å². The van der Waals surface area contributed by atoms with Gasteiger partial charge >= 0.3 is 5.97 Å². The lowest BCUT2D eigenvalue weighted by Gasteiger charge is -2.44. The number of carbonyl (C=O) groups excluding carboxylic acids is 1. The predicted molar refractivity (Wildman–Crippen MR) is 106 cm³/mol. The third kappa shape index (κ3) is 3.18. The molecule has 0 saturated carbocycles. The van der Waals surface area contributed by atoms with Crippen molar-refractivity contribution in [1.82, 2.24) is 9.88 Å². The van der Waals surface area contributed by atoms with Gasteiger partial charge < -0.3 is 10.2 Å². The summed E-state index contributed by atoms with van der Waals surface area (Å²) >= 11 is 4.03. The Morgan fingerprint density at radius 3 is 2.78 bits per heavy atom. The normalized spacial score (nSPS) is 22.6. The first-order valence-corrected chi connectivity index (χ1v) is 10.9. The topological polar surface area (TPSA) is 90.7 Å². The summed E-state index contributed by atoms with van der Waals surface area (Å²) in [7, 11) is 0. The summed E-state index contributed by atoms with van der Waals surface area (Å²) in [5.41, 5.74) is 1.83. The second-order valence-electron chi connectivity index (χ2n) is 6.13. The summed E-state index contributed by atoms with van der Waals surface area (Å²) in [6.07, 6.45) is -0.297. The lowest BCUT2D eigenvalue weighted by molar-refractivity contribution is -0.157. The maximum atomic E-state index is 12.4. The molecule has 1 fully saturated rings. The van der Waals surface area contributed by atoms with E-state index in [0.29, 0.717) is 10.7 Å². The molecule has 0 radical (unpaired) electrons. The van der Waals surface area contributed by atoms with Gasteiger partial charge in [-0.05, 0) is 18.2 Å². The molecule has 4 rings (SSSR count). The van der Waals surface area contributed by atoms with Gasteiger partial charge in [0.1, 0.15) is 5.37 Å². The van der Waals surface area contributed by atoms with Crippen molar-refractivity contribution >= 4 is 46.7 Å². The number of fused-ring (bicyclic) bond motifs is 1. The number of amides is 1. The fourth-order valence-electron chi connectivity index (χ4n) is 3.11. The molecule has 140 valence electrons. The van der Waals surface area contributed by atoms with E-state index in [1.807, 2.05) is 42.6 Å². The average molecular weight is 421 g/mol. The number of hydrogen-bond donors (Lipinski definition) is 2. The molecular formula is C18H16N2O4S3. The van der Waals surface area contributed by atoms with E-state index in [2.05, 4.69) is 4.98 Å². The molecule has 6 nitrogen and oxygen atoms in total. The number of thiazole rings is 1. The van der Waals surface area contributed by atoms with E-state index in [1.54, 1.807) is 0 Å². The van der Waals surface area contributed by atoms with Crippen LogP contribution < -0.4 is 0 Å². The number of β-lactam (4-membered cyclic amide) rings is 1. The zero-order chi connectivity index (χ0) is 19.1. The Balaban J connectivity index is 1.58. The average Bonchev–Trinajstić information content (AvgIpc) is 3.25. The van der Waals surface area contributed by atoms with Crippen LogP contribution in [0.1, 0.15) is 13.3 Å². The molecule has 27 heavy (non-hydrogen) atoms. The molecule has 3 unspecified atom stereocenters. The number of hydrogen-bond acceptors (Lipinski definition) is 7. The van der Waals surface area contributed by atoms with Crippen molar-refractivity contribution in [1.29, 1.82) is 0 Å². The van der Waals surface area contributed by atoms with E-state index < -0.39 is 18.0 Å². The zero-order valence-electron chi connectivity index (χ0n) is 14.2. The van der Waals surface area contributed by atoms with E-state index in [0.717, 1.165) is 15.6 Å². The smallest absolute Gasteiger partial charge is 0.354 e. The van der Waals surface area contributed by atoms with Gasteiger partial charge in [0.15, 0.2) is 10.0 Å². The molecule has 2 N–H and O–H groups in total. The summed E-state index contributed by atoms with van der Waals surface area (Å²) in [6, 6.07) is 9.76.